The van der Waals surface area contributed by atoms with Crippen LogP contribution in [-0.4, -0.2) is 15.0 Å². The average Bonchev–Trinajstić information content (AvgIpc) is 3.59. The molecule has 11 rings (SSSR count). The maximum atomic E-state index is 9.48. The highest BCUT2D eigenvalue weighted by molar-refractivity contribution is 5.91. The molecule has 270 valence electrons. The number of nitriles is 1. The second-order valence-corrected chi connectivity index (χ2v) is 14.7. The van der Waals surface area contributed by atoms with E-state index in [0.717, 1.165) is 61.6 Å². The maximum Gasteiger partial charge on any atom is 0.164 e. The van der Waals surface area contributed by atoms with E-state index < -0.39 is 5.41 Å². The SMILES string of the molecule is N#Cc1ccc(-c2ccc3c(c2)C2(c4ccccc4Oc4ccc(-c5ccc(-c6nc(-c7ccccc7)nc(-c7ccccc7)n6)cc5)cc42)c2ccccc2-3)cc1. The summed E-state index contributed by atoms with van der Waals surface area (Å²) in [5.41, 5.74) is 14.1. The molecule has 1 atom stereocenters. The van der Waals surface area contributed by atoms with E-state index in [9.17, 15) is 5.26 Å². The average molecular weight is 741 g/mol. The number of hydrogen-bond acceptors (Lipinski definition) is 5. The summed E-state index contributed by atoms with van der Waals surface area (Å²) < 4.78 is 6.74. The Morgan fingerprint density at radius 3 is 1.45 bits per heavy atom. The van der Waals surface area contributed by atoms with E-state index in [1.54, 1.807) is 0 Å². The molecule has 5 heteroatoms. The standard InChI is InChI=1S/C53H32N4O/c54-33-34-19-21-35(22-20-34)40-27-29-43-42-15-7-8-16-44(42)53(46(43)31-40)45-17-9-10-18-48(45)58-49-30-28-41(32-47(49)53)36-23-25-39(26-24-36)52-56-50(37-11-3-1-4-12-37)55-51(57-52)38-13-5-2-6-14-38/h1-32H. The van der Waals surface area contributed by atoms with Crippen molar-refractivity contribution in [2.75, 3.05) is 0 Å². The Morgan fingerprint density at radius 1 is 0.362 bits per heavy atom. The van der Waals surface area contributed by atoms with Crippen molar-refractivity contribution in [1.29, 1.82) is 5.26 Å². The highest BCUT2D eigenvalue weighted by Crippen LogP contribution is 2.62. The monoisotopic (exact) mass is 740 g/mol. The molecule has 0 fully saturated rings. The van der Waals surface area contributed by atoms with Gasteiger partial charge in [-0.3, -0.25) is 0 Å². The van der Waals surface area contributed by atoms with E-state index in [1.165, 1.54) is 22.3 Å². The molecule has 58 heavy (non-hydrogen) atoms. The second kappa shape index (κ2) is 13.4. The first-order chi connectivity index (χ1) is 28.7. The molecule has 1 spiro atoms. The van der Waals surface area contributed by atoms with Crippen LogP contribution < -0.4 is 4.74 Å². The predicted molar refractivity (Wildman–Crippen MR) is 229 cm³/mol. The third-order valence-electron chi connectivity index (χ3n) is 11.5. The van der Waals surface area contributed by atoms with Gasteiger partial charge in [0.2, 0.25) is 0 Å². The first-order valence-corrected chi connectivity index (χ1v) is 19.3. The van der Waals surface area contributed by atoms with Crippen molar-refractivity contribution in [3.8, 4) is 85.1 Å². The third-order valence-corrected chi connectivity index (χ3v) is 11.5. The molecule has 2 aliphatic rings. The first kappa shape index (κ1) is 33.4. The van der Waals surface area contributed by atoms with Gasteiger partial charge in [-0.15, -0.1) is 0 Å². The minimum atomic E-state index is -0.638. The lowest BCUT2D eigenvalue weighted by atomic mass is 9.65. The fourth-order valence-corrected chi connectivity index (χ4v) is 8.75. The number of nitrogens with zero attached hydrogens (tertiary/aromatic N) is 4. The zero-order chi connectivity index (χ0) is 38.6. The lowest BCUT2D eigenvalue weighted by Crippen LogP contribution is -2.32. The van der Waals surface area contributed by atoms with Gasteiger partial charge in [-0.05, 0) is 80.9 Å². The maximum absolute atomic E-state index is 9.48. The van der Waals surface area contributed by atoms with Gasteiger partial charge in [-0.1, -0.05) is 158 Å². The van der Waals surface area contributed by atoms with Gasteiger partial charge in [0.1, 0.15) is 11.5 Å². The number of rotatable bonds is 5. The summed E-state index contributed by atoms with van der Waals surface area (Å²) in [4.78, 5) is 14.8. The summed E-state index contributed by atoms with van der Waals surface area (Å²) in [7, 11) is 0. The molecule has 0 saturated carbocycles. The van der Waals surface area contributed by atoms with E-state index in [0.29, 0.717) is 23.0 Å². The lowest BCUT2D eigenvalue weighted by Gasteiger charge is -2.39. The second-order valence-electron chi connectivity index (χ2n) is 14.7. The normalized spacial score (nSPS) is 14.4. The largest absolute Gasteiger partial charge is 0.457 e. The van der Waals surface area contributed by atoms with E-state index in [-0.39, 0.29) is 0 Å². The fraction of sp³-hybridized carbons (Fsp3) is 0.0189. The van der Waals surface area contributed by atoms with E-state index >= 15 is 0 Å². The fourth-order valence-electron chi connectivity index (χ4n) is 8.75. The van der Waals surface area contributed by atoms with Crippen molar-refractivity contribution >= 4 is 0 Å². The van der Waals surface area contributed by atoms with Crippen molar-refractivity contribution in [3.05, 3.63) is 222 Å². The Balaban J connectivity index is 1.06. The quantitative estimate of drug-likeness (QED) is 0.176. The summed E-state index contributed by atoms with van der Waals surface area (Å²) in [5.74, 6) is 3.56. The molecular formula is C53H32N4O. The van der Waals surface area contributed by atoms with Crippen LogP contribution in [0.2, 0.25) is 0 Å². The topological polar surface area (TPSA) is 71.7 Å². The van der Waals surface area contributed by atoms with Gasteiger partial charge >= 0.3 is 0 Å². The molecule has 0 radical (unpaired) electrons. The summed E-state index contributed by atoms with van der Waals surface area (Å²) in [5, 5.41) is 9.48. The highest BCUT2D eigenvalue weighted by atomic mass is 16.5. The number of aromatic nitrogens is 3. The Kier molecular flexibility index (Phi) is 7.70. The van der Waals surface area contributed by atoms with Crippen LogP contribution in [0.25, 0.3) is 67.5 Å². The summed E-state index contributed by atoms with van der Waals surface area (Å²) >= 11 is 0. The predicted octanol–water partition coefficient (Wildman–Crippen LogP) is 12.5. The molecule has 1 unspecified atom stereocenters. The zero-order valence-corrected chi connectivity index (χ0v) is 31.2. The number of ether oxygens (including phenoxy) is 1. The van der Waals surface area contributed by atoms with Gasteiger partial charge in [0.15, 0.2) is 17.5 Å². The number of fused-ring (bicyclic) bond motifs is 9. The Bertz CT molecular complexity index is 3020. The van der Waals surface area contributed by atoms with Crippen molar-refractivity contribution in [2.45, 2.75) is 5.41 Å². The lowest BCUT2D eigenvalue weighted by molar-refractivity contribution is 0.436. The molecule has 0 bridgehead atoms. The van der Waals surface area contributed by atoms with Crippen LogP contribution in [0, 0.1) is 11.3 Å². The van der Waals surface area contributed by atoms with Gasteiger partial charge in [0.25, 0.3) is 0 Å². The zero-order valence-electron chi connectivity index (χ0n) is 31.2. The smallest absolute Gasteiger partial charge is 0.164 e. The molecule has 1 aliphatic carbocycles. The van der Waals surface area contributed by atoms with Crippen LogP contribution in [0.5, 0.6) is 11.5 Å². The van der Waals surface area contributed by atoms with Gasteiger partial charge in [0.05, 0.1) is 17.0 Å². The van der Waals surface area contributed by atoms with Crippen LogP contribution in [0.1, 0.15) is 27.8 Å². The van der Waals surface area contributed by atoms with Crippen LogP contribution in [-0.2, 0) is 5.41 Å². The highest BCUT2D eigenvalue weighted by Gasteiger charge is 2.51. The van der Waals surface area contributed by atoms with Gasteiger partial charge in [-0.25, -0.2) is 15.0 Å². The van der Waals surface area contributed by atoms with E-state index in [1.807, 2.05) is 91.0 Å². The minimum Gasteiger partial charge on any atom is -0.457 e. The van der Waals surface area contributed by atoms with Crippen molar-refractivity contribution in [2.24, 2.45) is 0 Å². The molecule has 0 saturated heterocycles. The Morgan fingerprint density at radius 2 is 0.810 bits per heavy atom. The number of benzene rings is 8. The Hall–Kier alpha value is -7.94. The minimum absolute atomic E-state index is 0.617. The van der Waals surface area contributed by atoms with Gasteiger partial charge in [0, 0.05) is 27.8 Å². The molecule has 0 amide bonds. The van der Waals surface area contributed by atoms with Crippen molar-refractivity contribution in [1.82, 2.24) is 15.0 Å². The van der Waals surface area contributed by atoms with Crippen LogP contribution >= 0.6 is 0 Å². The van der Waals surface area contributed by atoms with Crippen molar-refractivity contribution in [3.63, 3.8) is 0 Å². The van der Waals surface area contributed by atoms with Crippen LogP contribution in [0.3, 0.4) is 0 Å². The summed E-state index contributed by atoms with van der Waals surface area (Å²) in [6, 6.07) is 69.2. The van der Waals surface area contributed by atoms with Crippen molar-refractivity contribution < 1.29 is 4.74 Å². The molecule has 1 aliphatic heterocycles. The third kappa shape index (κ3) is 5.27. The van der Waals surface area contributed by atoms with E-state index in [2.05, 4.69) is 109 Å². The van der Waals surface area contributed by atoms with Gasteiger partial charge < -0.3 is 4.74 Å². The molecule has 5 nitrogen and oxygen atoms in total. The van der Waals surface area contributed by atoms with Crippen LogP contribution in [0.4, 0.5) is 0 Å². The molecule has 9 aromatic rings. The molecule has 0 N–H and O–H groups in total. The van der Waals surface area contributed by atoms with E-state index in [4.69, 9.17) is 19.7 Å². The molecule has 8 aromatic carbocycles. The molecular weight excluding hydrogens is 709 g/mol. The van der Waals surface area contributed by atoms with Crippen LogP contribution in [0.15, 0.2) is 194 Å². The Labute approximate surface area is 336 Å². The first-order valence-electron chi connectivity index (χ1n) is 19.3. The molecule has 1 aromatic heterocycles. The number of para-hydroxylation sites is 1. The number of hydrogen-bond donors (Lipinski definition) is 0. The molecule has 2 heterocycles. The summed E-state index contributed by atoms with van der Waals surface area (Å²) in [6.07, 6.45) is 0. The van der Waals surface area contributed by atoms with Gasteiger partial charge in [-0.2, -0.15) is 5.26 Å². The summed E-state index contributed by atoms with van der Waals surface area (Å²) in [6.45, 7) is 0.